The highest BCUT2D eigenvalue weighted by Crippen LogP contribution is 2.30. The maximum Gasteiger partial charge on any atom is 0.272 e. The minimum Gasteiger partial charge on any atom is -0.298 e. The van der Waals surface area contributed by atoms with Gasteiger partial charge in [-0.25, -0.2) is 4.39 Å². The van der Waals surface area contributed by atoms with Crippen LogP contribution < -0.4 is 10.9 Å². The number of rotatable bonds is 3. The molecule has 2 aromatic rings. The lowest BCUT2D eigenvalue weighted by Gasteiger charge is -2.07. The van der Waals surface area contributed by atoms with Gasteiger partial charge in [-0.2, -0.15) is 0 Å². The Bertz CT molecular complexity index is 571. The van der Waals surface area contributed by atoms with Gasteiger partial charge in [-0.15, -0.1) is 11.3 Å². The zero-order valence-corrected chi connectivity index (χ0v) is 11.2. The molecule has 18 heavy (non-hydrogen) atoms. The predicted octanol–water partition coefficient (Wildman–Crippen LogP) is 3.95. The Morgan fingerprint density at radius 2 is 1.89 bits per heavy atom. The van der Waals surface area contributed by atoms with Crippen LogP contribution in [0.15, 0.2) is 30.3 Å². The summed E-state index contributed by atoms with van der Waals surface area (Å²) in [5.74, 6) is -0.757. The molecule has 0 aliphatic rings. The van der Waals surface area contributed by atoms with E-state index in [0.29, 0.717) is 19.9 Å². The molecular formula is C11H7Cl2FN2OS. The highest BCUT2D eigenvalue weighted by atomic mass is 35.5. The first-order chi connectivity index (χ1) is 8.56. The molecule has 2 N–H and O–H groups in total. The number of hydrogen-bond acceptors (Lipinski definition) is 3. The largest absolute Gasteiger partial charge is 0.298 e. The Morgan fingerprint density at radius 1 is 1.22 bits per heavy atom. The van der Waals surface area contributed by atoms with Crippen molar-refractivity contribution in [2.75, 3.05) is 5.43 Å². The van der Waals surface area contributed by atoms with Crippen molar-refractivity contribution in [1.29, 1.82) is 0 Å². The summed E-state index contributed by atoms with van der Waals surface area (Å²) in [6.07, 6.45) is 0. The quantitative estimate of drug-likeness (QED) is 0.843. The van der Waals surface area contributed by atoms with Gasteiger partial charge in [0.25, 0.3) is 5.91 Å². The molecule has 0 atom stereocenters. The van der Waals surface area contributed by atoms with Crippen molar-refractivity contribution in [1.82, 2.24) is 5.43 Å². The van der Waals surface area contributed by atoms with Crippen LogP contribution in [-0.4, -0.2) is 5.91 Å². The standard InChI is InChI=1S/C11H7Cl2FN2OS/c12-9-5-8(10(13)18-9)11(17)16-15-7-3-1-6(14)2-4-7/h1-5,15H,(H,16,17). The monoisotopic (exact) mass is 304 g/mol. The molecule has 0 fully saturated rings. The summed E-state index contributed by atoms with van der Waals surface area (Å²) in [4.78, 5) is 11.7. The van der Waals surface area contributed by atoms with E-state index in [9.17, 15) is 9.18 Å². The first-order valence-electron chi connectivity index (χ1n) is 4.83. The number of halogens is 3. The van der Waals surface area contributed by atoms with E-state index in [2.05, 4.69) is 10.9 Å². The third-order valence-corrected chi connectivity index (χ3v) is 3.55. The van der Waals surface area contributed by atoms with Crippen LogP contribution >= 0.6 is 34.5 Å². The predicted molar refractivity (Wildman–Crippen MR) is 71.8 cm³/mol. The van der Waals surface area contributed by atoms with Crippen molar-refractivity contribution >= 4 is 46.1 Å². The van der Waals surface area contributed by atoms with Crippen molar-refractivity contribution in [3.05, 3.63) is 50.4 Å². The Balaban J connectivity index is 2.00. The fourth-order valence-electron chi connectivity index (χ4n) is 1.22. The Morgan fingerprint density at radius 3 is 2.44 bits per heavy atom. The first kappa shape index (κ1) is 13.1. The van der Waals surface area contributed by atoms with Crippen LogP contribution in [0.5, 0.6) is 0 Å². The van der Waals surface area contributed by atoms with Gasteiger partial charge in [0.05, 0.1) is 15.6 Å². The molecule has 0 radical (unpaired) electrons. The van der Waals surface area contributed by atoms with E-state index < -0.39 is 5.91 Å². The van der Waals surface area contributed by atoms with Crippen LogP contribution in [-0.2, 0) is 0 Å². The lowest BCUT2D eigenvalue weighted by molar-refractivity contribution is 0.0963. The molecule has 0 aliphatic heterocycles. The fraction of sp³-hybridized carbons (Fsp3) is 0. The molecule has 2 rings (SSSR count). The smallest absolute Gasteiger partial charge is 0.272 e. The second-order valence-corrected chi connectivity index (χ2v) is 5.61. The molecule has 7 heteroatoms. The first-order valence-corrected chi connectivity index (χ1v) is 6.40. The number of hydrazine groups is 1. The van der Waals surface area contributed by atoms with E-state index in [1.54, 1.807) is 0 Å². The number of carbonyl (C=O) groups is 1. The number of benzene rings is 1. The normalized spacial score (nSPS) is 10.2. The zero-order chi connectivity index (χ0) is 13.1. The van der Waals surface area contributed by atoms with Gasteiger partial charge in [-0.3, -0.25) is 15.6 Å². The van der Waals surface area contributed by atoms with Gasteiger partial charge in [0.1, 0.15) is 10.2 Å². The van der Waals surface area contributed by atoms with Gasteiger partial charge in [0, 0.05) is 0 Å². The van der Waals surface area contributed by atoms with Crippen LogP contribution in [0.4, 0.5) is 10.1 Å². The van der Waals surface area contributed by atoms with E-state index in [4.69, 9.17) is 23.2 Å². The van der Waals surface area contributed by atoms with Gasteiger partial charge < -0.3 is 0 Å². The number of thiophene rings is 1. The molecule has 0 saturated heterocycles. The Kier molecular flexibility index (Phi) is 4.06. The highest BCUT2D eigenvalue weighted by molar-refractivity contribution is 7.20. The molecule has 1 aromatic heterocycles. The van der Waals surface area contributed by atoms with Crippen molar-refractivity contribution in [2.45, 2.75) is 0 Å². The molecule has 0 saturated carbocycles. The van der Waals surface area contributed by atoms with Gasteiger partial charge in [-0.05, 0) is 30.3 Å². The van der Waals surface area contributed by atoms with E-state index in [1.165, 1.54) is 30.3 Å². The summed E-state index contributed by atoms with van der Waals surface area (Å²) in [6, 6.07) is 7.04. The summed E-state index contributed by atoms with van der Waals surface area (Å²) in [6.45, 7) is 0. The van der Waals surface area contributed by atoms with Crippen molar-refractivity contribution in [2.24, 2.45) is 0 Å². The summed E-state index contributed by atoms with van der Waals surface area (Å²) in [5, 5.41) is 0. The molecule has 3 nitrogen and oxygen atoms in total. The lowest BCUT2D eigenvalue weighted by atomic mass is 10.3. The van der Waals surface area contributed by atoms with Gasteiger partial charge in [0.2, 0.25) is 0 Å². The van der Waals surface area contributed by atoms with Gasteiger partial charge >= 0.3 is 0 Å². The second-order valence-electron chi connectivity index (χ2n) is 3.32. The molecule has 0 bridgehead atoms. The molecule has 1 heterocycles. The summed E-state index contributed by atoms with van der Waals surface area (Å²) >= 11 is 12.7. The Labute approximate surface area is 116 Å². The number of nitrogens with one attached hydrogen (secondary N) is 2. The number of hydrogen-bond donors (Lipinski definition) is 2. The topological polar surface area (TPSA) is 41.1 Å². The lowest BCUT2D eigenvalue weighted by Crippen LogP contribution is -2.29. The van der Waals surface area contributed by atoms with Crippen LogP contribution in [0.1, 0.15) is 10.4 Å². The molecule has 0 aliphatic carbocycles. The minimum atomic E-state index is -0.410. The maximum absolute atomic E-state index is 12.7. The third-order valence-electron chi connectivity index (χ3n) is 2.07. The zero-order valence-electron chi connectivity index (χ0n) is 8.84. The molecule has 0 unspecified atom stereocenters. The van der Waals surface area contributed by atoms with Gasteiger partial charge in [0.15, 0.2) is 0 Å². The van der Waals surface area contributed by atoms with Crippen LogP contribution in [0.3, 0.4) is 0 Å². The van der Waals surface area contributed by atoms with Gasteiger partial charge in [-0.1, -0.05) is 23.2 Å². The van der Waals surface area contributed by atoms with Crippen molar-refractivity contribution in [3.8, 4) is 0 Å². The fourth-order valence-corrected chi connectivity index (χ4v) is 2.68. The Hall–Kier alpha value is -1.30. The SMILES string of the molecule is O=C(NNc1ccc(F)cc1)c1cc(Cl)sc1Cl. The highest BCUT2D eigenvalue weighted by Gasteiger charge is 2.13. The van der Waals surface area contributed by atoms with E-state index in [1.807, 2.05) is 0 Å². The second kappa shape index (κ2) is 5.56. The molecular weight excluding hydrogens is 298 g/mol. The average molecular weight is 305 g/mol. The summed E-state index contributed by atoms with van der Waals surface area (Å²) < 4.78 is 13.4. The maximum atomic E-state index is 12.7. The molecule has 1 aromatic carbocycles. The average Bonchev–Trinajstić information content (AvgIpc) is 2.67. The van der Waals surface area contributed by atoms with E-state index in [0.717, 1.165) is 11.3 Å². The van der Waals surface area contributed by atoms with Crippen LogP contribution in [0, 0.1) is 5.82 Å². The summed E-state index contributed by atoms with van der Waals surface area (Å²) in [5.41, 5.74) is 5.93. The van der Waals surface area contributed by atoms with Crippen LogP contribution in [0.2, 0.25) is 8.67 Å². The summed E-state index contributed by atoms with van der Waals surface area (Å²) in [7, 11) is 0. The molecule has 94 valence electrons. The molecule has 1 amide bonds. The van der Waals surface area contributed by atoms with E-state index in [-0.39, 0.29) is 5.82 Å². The molecule has 0 spiro atoms. The van der Waals surface area contributed by atoms with E-state index >= 15 is 0 Å². The number of anilines is 1. The van der Waals surface area contributed by atoms with Crippen molar-refractivity contribution in [3.63, 3.8) is 0 Å². The van der Waals surface area contributed by atoms with Crippen LogP contribution in [0.25, 0.3) is 0 Å². The number of carbonyl (C=O) groups excluding carboxylic acids is 1. The third kappa shape index (κ3) is 3.13. The minimum absolute atomic E-state index is 0.293. The number of amides is 1. The van der Waals surface area contributed by atoms with Crippen molar-refractivity contribution < 1.29 is 9.18 Å².